The summed E-state index contributed by atoms with van der Waals surface area (Å²) >= 11 is 7.19. The number of halogens is 1. The number of carbonyl (C=O) groups is 1. The van der Waals surface area contributed by atoms with Gasteiger partial charge in [-0.2, -0.15) is 0 Å². The third-order valence-electron chi connectivity index (χ3n) is 3.90. The van der Waals surface area contributed by atoms with Crippen molar-refractivity contribution >= 4 is 57.4 Å². The van der Waals surface area contributed by atoms with Crippen LogP contribution in [0.4, 0.5) is 0 Å². The van der Waals surface area contributed by atoms with E-state index >= 15 is 0 Å². The van der Waals surface area contributed by atoms with Gasteiger partial charge in [-0.1, -0.05) is 47.6 Å². The summed E-state index contributed by atoms with van der Waals surface area (Å²) in [4.78, 5) is 24.3. The summed E-state index contributed by atoms with van der Waals surface area (Å²) in [5.74, 6) is 0.877. The van der Waals surface area contributed by atoms with Gasteiger partial charge < -0.3 is 10.3 Å². The average Bonchev–Trinajstić information content (AvgIpc) is 3.07. The number of aromatic amines is 1. The number of rotatable bonds is 3. The minimum atomic E-state index is -0.350. The Balaban J connectivity index is 1.48. The first kappa shape index (κ1) is 17.5. The molecule has 4 rings (SSSR count). The number of para-hydroxylation sites is 2. The van der Waals surface area contributed by atoms with Gasteiger partial charge in [-0.15, -0.1) is 0 Å². The van der Waals surface area contributed by atoms with E-state index in [0.29, 0.717) is 15.9 Å². The van der Waals surface area contributed by atoms with Gasteiger partial charge in [0.25, 0.3) is 5.91 Å². The normalized spacial score (nSPS) is 15.9. The maximum Gasteiger partial charge on any atom is 0.261 e. The Hall–Kier alpha value is -2.90. The monoisotopic (exact) mass is 395 g/mol. The molecular weight excluding hydrogens is 382 g/mol. The number of amides is 1. The van der Waals surface area contributed by atoms with Crippen LogP contribution in [0, 0.1) is 5.41 Å². The second-order valence-corrected chi connectivity index (χ2v) is 7.22. The standard InChI is InChI=1S/C19H14ClN5OS/c20-12-7-5-11(6-8-12)9-13-17(21)24-19(25-18(13)26)27-10-16-22-14-3-1-2-4-15(14)23-16/h1-9H,10H2,(H,22,23)(H2,21,24,25,26)/b13-9+. The van der Waals surface area contributed by atoms with E-state index in [-0.39, 0.29) is 17.3 Å². The molecule has 0 radical (unpaired) electrons. The summed E-state index contributed by atoms with van der Waals surface area (Å²) in [7, 11) is 0. The Bertz CT molecular complexity index is 1070. The molecule has 27 heavy (non-hydrogen) atoms. The number of nitrogens with zero attached hydrogens (tertiary/aromatic N) is 2. The number of amidine groups is 2. The quantitative estimate of drug-likeness (QED) is 0.585. The Labute approximate surface area is 164 Å². The molecule has 1 aromatic heterocycles. The molecule has 1 aliphatic rings. The summed E-state index contributed by atoms with van der Waals surface area (Å²) < 4.78 is 0. The lowest BCUT2D eigenvalue weighted by molar-refractivity contribution is -0.115. The second kappa shape index (κ2) is 7.38. The van der Waals surface area contributed by atoms with Crippen molar-refractivity contribution in [3.8, 4) is 0 Å². The molecule has 2 heterocycles. The summed E-state index contributed by atoms with van der Waals surface area (Å²) in [6.45, 7) is 0. The molecule has 0 atom stereocenters. The molecule has 0 unspecified atom stereocenters. The lowest BCUT2D eigenvalue weighted by Crippen LogP contribution is -2.37. The highest BCUT2D eigenvalue weighted by Gasteiger charge is 2.23. The molecule has 2 aromatic carbocycles. The van der Waals surface area contributed by atoms with Gasteiger partial charge in [-0.05, 0) is 35.9 Å². The fourth-order valence-corrected chi connectivity index (χ4v) is 3.46. The van der Waals surface area contributed by atoms with Gasteiger partial charge in [0.1, 0.15) is 5.82 Å². The van der Waals surface area contributed by atoms with Crippen LogP contribution in [0.1, 0.15) is 11.4 Å². The lowest BCUT2D eigenvalue weighted by atomic mass is 10.1. The van der Waals surface area contributed by atoms with Crippen molar-refractivity contribution in [3.63, 3.8) is 0 Å². The van der Waals surface area contributed by atoms with Gasteiger partial charge in [-0.25, -0.2) is 9.98 Å². The highest BCUT2D eigenvalue weighted by atomic mass is 35.5. The van der Waals surface area contributed by atoms with Gasteiger partial charge in [0.2, 0.25) is 0 Å². The van der Waals surface area contributed by atoms with E-state index in [0.717, 1.165) is 22.4 Å². The predicted octanol–water partition coefficient (Wildman–Crippen LogP) is 4.00. The Morgan fingerprint density at radius 3 is 2.67 bits per heavy atom. The molecule has 0 saturated heterocycles. The fourth-order valence-electron chi connectivity index (χ4n) is 2.60. The van der Waals surface area contributed by atoms with Gasteiger partial charge in [0.05, 0.1) is 22.4 Å². The number of nitrogens with one attached hydrogen (secondary N) is 3. The topological polar surface area (TPSA) is 94.0 Å². The summed E-state index contributed by atoms with van der Waals surface area (Å²) in [5.41, 5.74) is 2.85. The molecule has 0 spiro atoms. The molecule has 1 amide bonds. The van der Waals surface area contributed by atoms with Crippen LogP contribution in [0.5, 0.6) is 0 Å². The number of H-pyrrole nitrogens is 1. The van der Waals surface area contributed by atoms with Gasteiger partial charge in [-0.3, -0.25) is 10.2 Å². The molecule has 0 saturated carbocycles. The van der Waals surface area contributed by atoms with Crippen LogP contribution >= 0.6 is 23.4 Å². The van der Waals surface area contributed by atoms with Crippen molar-refractivity contribution in [1.29, 1.82) is 5.41 Å². The Morgan fingerprint density at radius 2 is 1.93 bits per heavy atom. The molecule has 3 aromatic rings. The van der Waals surface area contributed by atoms with Gasteiger partial charge in [0.15, 0.2) is 11.0 Å². The van der Waals surface area contributed by atoms with Crippen LogP contribution in [0.2, 0.25) is 5.02 Å². The van der Waals surface area contributed by atoms with E-state index in [1.54, 1.807) is 30.3 Å². The zero-order valence-corrected chi connectivity index (χ0v) is 15.6. The van der Waals surface area contributed by atoms with Crippen LogP contribution < -0.4 is 5.32 Å². The van der Waals surface area contributed by atoms with Crippen LogP contribution in [-0.2, 0) is 10.5 Å². The van der Waals surface area contributed by atoms with Crippen molar-refractivity contribution in [2.75, 3.05) is 0 Å². The SMILES string of the molecule is N=C1N=C(SCc2nc3ccccc3[nH]2)NC(=O)/C1=C/c1ccc(Cl)cc1. The van der Waals surface area contributed by atoms with Crippen molar-refractivity contribution in [3.05, 3.63) is 70.5 Å². The zero-order chi connectivity index (χ0) is 18.8. The third-order valence-corrected chi connectivity index (χ3v) is 5.04. The smallest absolute Gasteiger partial charge is 0.261 e. The molecule has 0 fully saturated rings. The Kier molecular flexibility index (Phi) is 4.79. The maximum absolute atomic E-state index is 12.4. The summed E-state index contributed by atoms with van der Waals surface area (Å²) in [5, 5.41) is 11.8. The van der Waals surface area contributed by atoms with E-state index < -0.39 is 0 Å². The first-order valence-corrected chi connectivity index (χ1v) is 9.47. The number of aliphatic imine (C=N–C) groups is 1. The van der Waals surface area contributed by atoms with E-state index in [1.807, 2.05) is 24.3 Å². The molecule has 0 bridgehead atoms. The number of benzene rings is 2. The van der Waals surface area contributed by atoms with Crippen LogP contribution in [0.25, 0.3) is 17.1 Å². The molecule has 0 aliphatic carbocycles. The summed E-state index contributed by atoms with van der Waals surface area (Å²) in [6, 6.07) is 14.8. The van der Waals surface area contributed by atoms with Crippen molar-refractivity contribution in [2.24, 2.45) is 4.99 Å². The maximum atomic E-state index is 12.4. The predicted molar refractivity (Wildman–Crippen MR) is 110 cm³/mol. The highest BCUT2D eigenvalue weighted by molar-refractivity contribution is 8.13. The van der Waals surface area contributed by atoms with Gasteiger partial charge in [0, 0.05) is 5.02 Å². The molecule has 6 nitrogen and oxygen atoms in total. The molecular formula is C19H14ClN5OS. The first-order valence-electron chi connectivity index (χ1n) is 8.11. The van der Waals surface area contributed by atoms with Crippen LogP contribution in [-0.4, -0.2) is 26.9 Å². The minimum Gasteiger partial charge on any atom is -0.341 e. The number of carbonyl (C=O) groups excluding carboxylic acids is 1. The first-order chi connectivity index (χ1) is 13.1. The summed E-state index contributed by atoms with van der Waals surface area (Å²) in [6.07, 6.45) is 1.62. The second-order valence-electron chi connectivity index (χ2n) is 5.82. The zero-order valence-electron chi connectivity index (χ0n) is 14.0. The molecule has 8 heteroatoms. The molecule has 134 valence electrons. The lowest BCUT2D eigenvalue weighted by Gasteiger charge is -2.15. The number of thioether (sulfide) groups is 1. The van der Waals surface area contributed by atoms with E-state index in [9.17, 15) is 4.79 Å². The molecule has 1 aliphatic heterocycles. The number of hydrogen-bond acceptors (Lipinski definition) is 4. The highest BCUT2D eigenvalue weighted by Crippen LogP contribution is 2.19. The number of hydrogen-bond donors (Lipinski definition) is 3. The molecule has 3 N–H and O–H groups in total. The fraction of sp³-hybridized carbons (Fsp3) is 0.0526. The minimum absolute atomic E-state index is 0.0687. The van der Waals surface area contributed by atoms with E-state index in [4.69, 9.17) is 17.0 Å². The van der Waals surface area contributed by atoms with Crippen molar-refractivity contribution in [1.82, 2.24) is 15.3 Å². The number of aromatic nitrogens is 2. The number of imidazole rings is 1. The Morgan fingerprint density at radius 1 is 1.15 bits per heavy atom. The average molecular weight is 396 g/mol. The van der Waals surface area contributed by atoms with Gasteiger partial charge >= 0.3 is 0 Å². The largest absolute Gasteiger partial charge is 0.341 e. The van der Waals surface area contributed by atoms with Crippen LogP contribution in [0.15, 0.2) is 59.1 Å². The van der Waals surface area contributed by atoms with E-state index in [1.165, 1.54) is 11.8 Å². The third kappa shape index (κ3) is 3.94. The van der Waals surface area contributed by atoms with Crippen molar-refractivity contribution in [2.45, 2.75) is 5.75 Å². The number of fused-ring (bicyclic) bond motifs is 1. The van der Waals surface area contributed by atoms with E-state index in [2.05, 4.69) is 20.3 Å². The van der Waals surface area contributed by atoms with Crippen LogP contribution in [0.3, 0.4) is 0 Å². The van der Waals surface area contributed by atoms with Crippen molar-refractivity contribution < 1.29 is 4.79 Å².